The van der Waals surface area contributed by atoms with Gasteiger partial charge in [0.2, 0.25) is 5.82 Å². The molecule has 0 aliphatic heterocycles. The van der Waals surface area contributed by atoms with Gasteiger partial charge in [-0.2, -0.15) is 0 Å². The Bertz CT molecular complexity index is 708. The standard InChI is InChI=1S/C17H21N3O3/c1-12-7-8-13(15(10-12)23-17(2,3)4)11-19-16-14(20(21)22)6-5-9-18-16/h5-10H,11H2,1-4H3,(H,18,19). The lowest BCUT2D eigenvalue weighted by Gasteiger charge is -2.24. The molecule has 0 amide bonds. The first-order valence-corrected chi connectivity index (χ1v) is 7.38. The molecule has 0 bridgehead atoms. The van der Waals surface area contributed by atoms with Crippen LogP contribution in [-0.4, -0.2) is 15.5 Å². The first kappa shape index (κ1) is 16.7. The van der Waals surface area contributed by atoms with E-state index in [-0.39, 0.29) is 17.1 Å². The number of benzene rings is 1. The van der Waals surface area contributed by atoms with Gasteiger partial charge in [0, 0.05) is 24.4 Å². The average Bonchev–Trinajstić information content (AvgIpc) is 2.45. The molecule has 1 N–H and O–H groups in total. The van der Waals surface area contributed by atoms with Gasteiger partial charge in [0.25, 0.3) is 0 Å². The van der Waals surface area contributed by atoms with Crippen molar-refractivity contribution in [1.82, 2.24) is 4.98 Å². The molecular weight excluding hydrogens is 294 g/mol. The van der Waals surface area contributed by atoms with Crippen molar-refractivity contribution in [2.75, 3.05) is 5.32 Å². The quantitative estimate of drug-likeness (QED) is 0.664. The van der Waals surface area contributed by atoms with Crippen molar-refractivity contribution in [3.05, 3.63) is 57.8 Å². The van der Waals surface area contributed by atoms with Crippen molar-refractivity contribution >= 4 is 11.5 Å². The second-order valence-corrected chi connectivity index (χ2v) is 6.31. The molecule has 1 heterocycles. The van der Waals surface area contributed by atoms with E-state index in [9.17, 15) is 10.1 Å². The molecule has 1 aromatic carbocycles. The molecule has 1 aromatic heterocycles. The minimum absolute atomic E-state index is 0.0436. The molecule has 122 valence electrons. The lowest BCUT2D eigenvalue weighted by atomic mass is 10.1. The summed E-state index contributed by atoms with van der Waals surface area (Å²) >= 11 is 0. The maximum Gasteiger partial charge on any atom is 0.311 e. The number of hydrogen-bond donors (Lipinski definition) is 1. The van der Waals surface area contributed by atoms with Gasteiger partial charge in [-0.05, 0) is 45.4 Å². The monoisotopic (exact) mass is 315 g/mol. The molecule has 6 nitrogen and oxygen atoms in total. The highest BCUT2D eigenvalue weighted by Crippen LogP contribution is 2.27. The van der Waals surface area contributed by atoms with E-state index in [2.05, 4.69) is 10.3 Å². The van der Waals surface area contributed by atoms with Crippen molar-refractivity contribution in [3.63, 3.8) is 0 Å². The second-order valence-electron chi connectivity index (χ2n) is 6.31. The number of aromatic nitrogens is 1. The zero-order chi connectivity index (χ0) is 17.0. The Hall–Kier alpha value is -2.63. The Morgan fingerprint density at radius 2 is 2.04 bits per heavy atom. The third-order valence-corrected chi connectivity index (χ3v) is 3.07. The molecule has 0 aliphatic rings. The molecule has 2 aromatic rings. The molecule has 0 fully saturated rings. The van der Waals surface area contributed by atoms with Crippen LogP contribution in [0.15, 0.2) is 36.5 Å². The van der Waals surface area contributed by atoms with Crippen LogP contribution in [-0.2, 0) is 6.54 Å². The second kappa shape index (κ2) is 6.64. The molecule has 0 unspecified atom stereocenters. The Labute approximate surface area is 135 Å². The summed E-state index contributed by atoms with van der Waals surface area (Å²) in [5.74, 6) is 1.02. The molecule has 0 radical (unpaired) electrons. The fraction of sp³-hybridized carbons (Fsp3) is 0.353. The predicted molar refractivity (Wildman–Crippen MR) is 89.8 cm³/mol. The molecule has 23 heavy (non-hydrogen) atoms. The van der Waals surface area contributed by atoms with E-state index in [0.717, 1.165) is 16.9 Å². The molecular formula is C17H21N3O3. The Morgan fingerprint density at radius 3 is 2.70 bits per heavy atom. The van der Waals surface area contributed by atoms with Gasteiger partial charge in [0.05, 0.1) is 4.92 Å². The minimum Gasteiger partial charge on any atom is -0.488 e. The third-order valence-electron chi connectivity index (χ3n) is 3.07. The number of anilines is 1. The summed E-state index contributed by atoms with van der Waals surface area (Å²) in [6.07, 6.45) is 1.52. The van der Waals surface area contributed by atoms with Crippen LogP contribution in [0.4, 0.5) is 11.5 Å². The highest BCUT2D eigenvalue weighted by atomic mass is 16.6. The van der Waals surface area contributed by atoms with Crippen molar-refractivity contribution in [3.8, 4) is 5.75 Å². The molecule has 0 saturated heterocycles. The van der Waals surface area contributed by atoms with Gasteiger partial charge in [-0.25, -0.2) is 4.98 Å². The summed E-state index contributed by atoms with van der Waals surface area (Å²) < 4.78 is 5.99. The topological polar surface area (TPSA) is 77.3 Å². The van der Waals surface area contributed by atoms with Crippen LogP contribution in [0.2, 0.25) is 0 Å². The molecule has 2 rings (SSSR count). The molecule has 0 atom stereocenters. The number of nitrogens with one attached hydrogen (secondary N) is 1. The number of rotatable bonds is 5. The number of nitrogens with zero attached hydrogens (tertiary/aromatic N) is 2. The van der Waals surface area contributed by atoms with E-state index in [1.54, 1.807) is 6.07 Å². The van der Waals surface area contributed by atoms with Gasteiger partial charge in [-0.3, -0.25) is 10.1 Å². The molecule has 6 heteroatoms. The summed E-state index contributed by atoms with van der Waals surface area (Å²) in [6.45, 7) is 8.34. The maximum atomic E-state index is 11.0. The summed E-state index contributed by atoms with van der Waals surface area (Å²) in [4.78, 5) is 14.6. The van der Waals surface area contributed by atoms with E-state index in [4.69, 9.17) is 4.74 Å². The van der Waals surface area contributed by atoms with Gasteiger partial charge in [-0.15, -0.1) is 0 Å². The summed E-state index contributed by atoms with van der Waals surface area (Å²) in [7, 11) is 0. The zero-order valence-corrected chi connectivity index (χ0v) is 13.8. The van der Waals surface area contributed by atoms with Crippen LogP contribution in [0.25, 0.3) is 0 Å². The first-order valence-electron chi connectivity index (χ1n) is 7.38. The lowest BCUT2D eigenvalue weighted by Crippen LogP contribution is -2.24. The molecule has 0 aliphatic carbocycles. The van der Waals surface area contributed by atoms with Gasteiger partial charge in [0.15, 0.2) is 0 Å². The van der Waals surface area contributed by atoms with Crippen LogP contribution >= 0.6 is 0 Å². The van der Waals surface area contributed by atoms with E-state index < -0.39 is 4.92 Å². The van der Waals surface area contributed by atoms with Crippen LogP contribution in [0.1, 0.15) is 31.9 Å². The van der Waals surface area contributed by atoms with Crippen molar-refractivity contribution in [2.24, 2.45) is 0 Å². The smallest absolute Gasteiger partial charge is 0.311 e. The number of aryl methyl sites for hydroxylation is 1. The number of hydrogen-bond acceptors (Lipinski definition) is 5. The van der Waals surface area contributed by atoms with Crippen molar-refractivity contribution in [2.45, 2.75) is 39.8 Å². The summed E-state index contributed by atoms with van der Waals surface area (Å²) in [6, 6.07) is 8.88. The van der Waals surface area contributed by atoms with E-state index >= 15 is 0 Å². The first-order chi connectivity index (χ1) is 10.8. The van der Waals surface area contributed by atoms with E-state index in [1.807, 2.05) is 45.9 Å². The van der Waals surface area contributed by atoms with Crippen molar-refractivity contribution in [1.29, 1.82) is 0 Å². The molecule has 0 saturated carbocycles. The SMILES string of the molecule is Cc1ccc(CNc2ncccc2[N+](=O)[O-])c(OC(C)(C)C)c1. The van der Waals surface area contributed by atoms with Gasteiger partial charge in [0.1, 0.15) is 11.4 Å². The highest BCUT2D eigenvalue weighted by Gasteiger charge is 2.17. The maximum absolute atomic E-state index is 11.0. The van der Waals surface area contributed by atoms with Crippen LogP contribution < -0.4 is 10.1 Å². The fourth-order valence-electron chi connectivity index (χ4n) is 2.09. The van der Waals surface area contributed by atoms with Gasteiger partial charge < -0.3 is 10.1 Å². The Morgan fingerprint density at radius 1 is 1.30 bits per heavy atom. The van der Waals surface area contributed by atoms with Gasteiger partial charge in [-0.1, -0.05) is 12.1 Å². The predicted octanol–water partition coefficient (Wildman–Crippen LogP) is 4.09. The zero-order valence-electron chi connectivity index (χ0n) is 13.8. The fourth-order valence-corrected chi connectivity index (χ4v) is 2.09. The van der Waals surface area contributed by atoms with Gasteiger partial charge >= 0.3 is 5.69 Å². The van der Waals surface area contributed by atoms with Crippen LogP contribution in [0.5, 0.6) is 5.75 Å². The minimum atomic E-state index is -0.447. The van der Waals surface area contributed by atoms with Crippen LogP contribution in [0, 0.1) is 17.0 Å². The van der Waals surface area contributed by atoms with E-state index in [0.29, 0.717) is 6.54 Å². The third kappa shape index (κ3) is 4.67. The van der Waals surface area contributed by atoms with Crippen LogP contribution in [0.3, 0.4) is 0 Å². The Balaban J connectivity index is 2.23. The summed E-state index contributed by atoms with van der Waals surface area (Å²) in [5, 5.41) is 14.1. The number of ether oxygens (including phenoxy) is 1. The molecule has 0 spiro atoms. The van der Waals surface area contributed by atoms with E-state index in [1.165, 1.54) is 12.3 Å². The number of nitro groups is 1. The summed E-state index contributed by atoms with van der Waals surface area (Å²) in [5.41, 5.74) is 1.65. The Kier molecular flexibility index (Phi) is 4.83. The average molecular weight is 315 g/mol. The number of pyridine rings is 1. The van der Waals surface area contributed by atoms with Crippen molar-refractivity contribution < 1.29 is 9.66 Å². The normalized spacial score (nSPS) is 11.1. The largest absolute Gasteiger partial charge is 0.488 e. The highest BCUT2D eigenvalue weighted by molar-refractivity contribution is 5.55. The lowest BCUT2D eigenvalue weighted by molar-refractivity contribution is -0.384.